The third-order valence-corrected chi connectivity index (χ3v) is 2.56. The highest BCUT2D eigenvalue weighted by atomic mass is 19.3. The Morgan fingerprint density at radius 2 is 2.00 bits per heavy atom. The lowest BCUT2D eigenvalue weighted by Gasteiger charge is -2.21. The molecule has 0 aromatic rings. The second-order valence-electron chi connectivity index (χ2n) is 3.59. The van der Waals surface area contributed by atoms with Crippen LogP contribution >= 0.6 is 0 Å². The van der Waals surface area contributed by atoms with Crippen LogP contribution in [0.2, 0.25) is 0 Å². The van der Waals surface area contributed by atoms with Gasteiger partial charge in [0.2, 0.25) is 0 Å². The number of rotatable bonds is 0. The van der Waals surface area contributed by atoms with Crippen LogP contribution in [0.25, 0.3) is 0 Å². The van der Waals surface area contributed by atoms with Gasteiger partial charge in [-0.3, -0.25) is 0 Å². The van der Waals surface area contributed by atoms with Crippen molar-refractivity contribution in [1.29, 1.82) is 0 Å². The molecule has 2 aliphatic heterocycles. The number of hydrogen-bond donors (Lipinski definition) is 2. The maximum Gasteiger partial charge on any atom is 0.262 e. The normalized spacial score (nSPS) is 42.0. The van der Waals surface area contributed by atoms with E-state index in [0.29, 0.717) is 6.54 Å². The Balaban J connectivity index is 2.07. The molecule has 0 aliphatic carbocycles. The van der Waals surface area contributed by atoms with Gasteiger partial charge in [0, 0.05) is 18.5 Å². The molecule has 1 unspecified atom stereocenters. The zero-order valence-corrected chi connectivity index (χ0v) is 6.29. The molecule has 2 rings (SSSR count). The molecule has 2 nitrogen and oxygen atoms in total. The Bertz CT molecular complexity index is 164. The molecule has 2 N–H and O–H groups in total. The van der Waals surface area contributed by atoms with E-state index >= 15 is 0 Å². The van der Waals surface area contributed by atoms with Crippen LogP contribution < -0.4 is 10.6 Å². The number of hydrogen-bond acceptors (Lipinski definition) is 2. The van der Waals surface area contributed by atoms with E-state index in [2.05, 4.69) is 10.6 Å². The summed E-state index contributed by atoms with van der Waals surface area (Å²) in [5.74, 6) is -2.48. The first kappa shape index (κ1) is 7.43. The molecule has 2 aliphatic rings. The van der Waals surface area contributed by atoms with E-state index in [9.17, 15) is 8.78 Å². The van der Waals surface area contributed by atoms with Gasteiger partial charge in [0.1, 0.15) is 0 Å². The monoisotopic (exact) mass is 162 g/mol. The summed E-state index contributed by atoms with van der Waals surface area (Å²) in [6, 6.07) is 0. The van der Waals surface area contributed by atoms with Gasteiger partial charge in [0.05, 0.1) is 6.54 Å². The van der Waals surface area contributed by atoms with Crippen LogP contribution in [0.3, 0.4) is 0 Å². The second kappa shape index (κ2) is 2.14. The highest BCUT2D eigenvalue weighted by Crippen LogP contribution is 2.35. The lowest BCUT2D eigenvalue weighted by Crippen LogP contribution is -2.41. The van der Waals surface area contributed by atoms with Crippen molar-refractivity contribution in [3.63, 3.8) is 0 Å². The number of halogens is 2. The molecular weight excluding hydrogens is 150 g/mol. The van der Waals surface area contributed by atoms with Crippen LogP contribution in [0.5, 0.6) is 0 Å². The Kier molecular flexibility index (Phi) is 1.44. The van der Waals surface area contributed by atoms with E-state index < -0.39 is 5.92 Å². The van der Waals surface area contributed by atoms with Gasteiger partial charge in [-0.1, -0.05) is 0 Å². The fraction of sp³-hybridized carbons (Fsp3) is 1.00. The first-order valence-corrected chi connectivity index (χ1v) is 3.96. The molecule has 0 aromatic heterocycles. The van der Waals surface area contributed by atoms with Crippen LogP contribution in [0.1, 0.15) is 12.8 Å². The summed E-state index contributed by atoms with van der Waals surface area (Å²) in [6.07, 6.45) is 0.843. The second-order valence-corrected chi connectivity index (χ2v) is 3.59. The highest BCUT2D eigenvalue weighted by Gasteiger charge is 2.50. The van der Waals surface area contributed by atoms with Gasteiger partial charge >= 0.3 is 0 Å². The lowest BCUT2D eigenvalue weighted by atomic mass is 9.96. The fourth-order valence-corrected chi connectivity index (χ4v) is 1.98. The Morgan fingerprint density at radius 1 is 1.18 bits per heavy atom. The summed E-state index contributed by atoms with van der Waals surface area (Å²) >= 11 is 0. The van der Waals surface area contributed by atoms with Crippen molar-refractivity contribution in [2.45, 2.75) is 24.3 Å². The molecule has 0 aromatic carbocycles. The lowest BCUT2D eigenvalue weighted by molar-refractivity contribution is 0.0168. The Morgan fingerprint density at radius 3 is 2.45 bits per heavy atom. The molecule has 0 bridgehead atoms. The van der Waals surface area contributed by atoms with Crippen molar-refractivity contribution in [2.75, 3.05) is 19.6 Å². The van der Waals surface area contributed by atoms with Gasteiger partial charge in [-0.15, -0.1) is 0 Å². The van der Waals surface area contributed by atoms with Gasteiger partial charge in [0.25, 0.3) is 5.92 Å². The molecule has 64 valence electrons. The summed E-state index contributed by atoms with van der Waals surface area (Å²) in [5, 5.41) is 6.01. The molecular formula is C7H12F2N2. The molecule has 0 saturated carbocycles. The van der Waals surface area contributed by atoms with Crippen molar-refractivity contribution in [1.82, 2.24) is 10.6 Å². The predicted molar refractivity (Wildman–Crippen MR) is 37.8 cm³/mol. The zero-order chi connectivity index (χ0) is 7.95. The van der Waals surface area contributed by atoms with Crippen LogP contribution in [-0.2, 0) is 0 Å². The van der Waals surface area contributed by atoms with E-state index in [1.54, 1.807) is 0 Å². The molecule has 0 amide bonds. The molecule has 2 heterocycles. The summed E-state index contributed by atoms with van der Waals surface area (Å²) in [6.45, 7) is 1.42. The largest absolute Gasteiger partial charge is 0.315 e. The molecule has 1 spiro atoms. The summed E-state index contributed by atoms with van der Waals surface area (Å²) in [7, 11) is 0. The number of nitrogens with one attached hydrogen (secondary N) is 2. The molecule has 1 atom stereocenters. The molecule has 2 fully saturated rings. The van der Waals surface area contributed by atoms with Crippen LogP contribution in [-0.4, -0.2) is 31.1 Å². The maximum absolute atomic E-state index is 12.8. The molecule has 11 heavy (non-hydrogen) atoms. The minimum Gasteiger partial charge on any atom is -0.315 e. The minimum absolute atomic E-state index is 0.00694. The van der Waals surface area contributed by atoms with Crippen LogP contribution in [0, 0.1) is 0 Å². The zero-order valence-electron chi connectivity index (χ0n) is 6.29. The molecule has 2 saturated heterocycles. The average Bonchev–Trinajstić information content (AvgIpc) is 2.43. The summed E-state index contributed by atoms with van der Waals surface area (Å²) in [5.41, 5.74) is -0.288. The van der Waals surface area contributed by atoms with Crippen molar-refractivity contribution < 1.29 is 8.78 Å². The van der Waals surface area contributed by atoms with E-state index in [-0.39, 0.29) is 18.5 Å². The fourth-order valence-electron chi connectivity index (χ4n) is 1.98. The molecule has 0 radical (unpaired) electrons. The predicted octanol–water partition coefficient (Wildman–Crippen LogP) is 0.347. The van der Waals surface area contributed by atoms with Crippen LogP contribution in [0.15, 0.2) is 0 Å². The molecule has 4 heteroatoms. The van der Waals surface area contributed by atoms with Crippen molar-refractivity contribution in [2.24, 2.45) is 0 Å². The average molecular weight is 162 g/mol. The van der Waals surface area contributed by atoms with Gasteiger partial charge < -0.3 is 10.6 Å². The minimum atomic E-state index is -2.48. The van der Waals surface area contributed by atoms with Crippen molar-refractivity contribution in [3.8, 4) is 0 Å². The topological polar surface area (TPSA) is 24.1 Å². The Labute approximate surface area is 64.3 Å². The standard InChI is InChI=1S/C7H12F2N2/c8-7(9)3-6(11-5-7)1-2-10-4-6/h10-11H,1-5H2. The van der Waals surface area contributed by atoms with E-state index in [1.165, 1.54) is 0 Å². The third-order valence-electron chi connectivity index (χ3n) is 2.56. The van der Waals surface area contributed by atoms with E-state index in [0.717, 1.165) is 13.0 Å². The van der Waals surface area contributed by atoms with Gasteiger partial charge in [-0.25, -0.2) is 8.78 Å². The smallest absolute Gasteiger partial charge is 0.262 e. The van der Waals surface area contributed by atoms with E-state index in [1.807, 2.05) is 0 Å². The summed E-state index contributed by atoms with van der Waals surface area (Å²) < 4.78 is 25.5. The first-order chi connectivity index (χ1) is 5.12. The van der Waals surface area contributed by atoms with Crippen molar-refractivity contribution >= 4 is 0 Å². The first-order valence-electron chi connectivity index (χ1n) is 3.96. The van der Waals surface area contributed by atoms with Gasteiger partial charge in [-0.05, 0) is 13.0 Å². The highest BCUT2D eigenvalue weighted by molar-refractivity contribution is 5.05. The maximum atomic E-state index is 12.8. The van der Waals surface area contributed by atoms with Gasteiger partial charge in [0.15, 0.2) is 0 Å². The van der Waals surface area contributed by atoms with E-state index in [4.69, 9.17) is 0 Å². The SMILES string of the molecule is FC1(F)CNC2(CCNC2)C1. The summed E-state index contributed by atoms with van der Waals surface area (Å²) in [4.78, 5) is 0. The third kappa shape index (κ3) is 1.25. The number of alkyl halides is 2. The van der Waals surface area contributed by atoms with Gasteiger partial charge in [-0.2, -0.15) is 0 Å². The van der Waals surface area contributed by atoms with Crippen LogP contribution in [0.4, 0.5) is 8.78 Å². The quantitative estimate of drug-likeness (QED) is 0.537. The van der Waals surface area contributed by atoms with Crippen molar-refractivity contribution in [3.05, 3.63) is 0 Å². The Hall–Kier alpha value is -0.220.